The smallest absolute Gasteiger partial charge is 0.318 e. The minimum absolute atomic E-state index is 0.267. The first kappa shape index (κ1) is 15.5. The fraction of sp³-hybridized carbons (Fsp3) is 0.438. The maximum absolute atomic E-state index is 13.8. The van der Waals surface area contributed by atoms with Crippen molar-refractivity contribution in [3.05, 3.63) is 47.3 Å². The van der Waals surface area contributed by atoms with Gasteiger partial charge in [0.15, 0.2) is 5.82 Å². The highest BCUT2D eigenvalue weighted by molar-refractivity contribution is 5.74. The molecule has 3 rings (SSSR count). The molecule has 122 valence electrons. The Bertz CT molecular complexity index is 714. The number of hydrogen-bond donors (Lipinski definition) is 1. The number of nitrogens with zero attached hydrogens (tertiary/aromatic N) is 4. The molecule has 7 heteroatoms. The lowest BCUT2D eigenvalue weighted by Gasteiger charge is -2.21. The molecule has 0 radical (unpaired) electrons. The third kappa shape index (κ3) is 3.18. The lowest BCUT2D eigenvalue weighted by atomic mass is 10.1. The monoisotopic (exact) mass is 317 g/mol. The van der Waals surface area contributed by atoms with Crippen LogP contribution in [-0.2, 0) is 19.5 Å². The van der Waals surface area contributed by atoms with Crippen molar-refractivity contribution in [2.75, 3.05) is 7.05 Å². The average Bonchev–Trinajstić information content (AvgIpc) is 3.12. The van der Waals surface area contributed by atoms with Crippen LogP contribution in [0.2, 0.25) is 0 Å². The summed E-state index contributed by atoms with van der Waals surface area (Å²) >= 11 is 0. The molecule has 1 aromatic carbocycles. The molecule has 0 saturated carbocycles. The van der Waals surface area contributed by atoms with Gasteiger partial charge in [-0.1, -0.05) is 18.2 Å². The molecule has 1 atom stereocenters. The predicted octanol–water partition coefficient (Wildman–Crippen LogP) is 2.27. The summed E-state index contributed by atoms with van der Waals surface area (Å²) in [6, 6.07) is 5.77. The van der Waals surface area contributed by atoms with Gasteiger partial charge in [-0.25, -0.2) is 9.18 Å². The lowest BCUT2D eigenvalue weighted by molar-refractivity contribution is 0.201. The van der Waals surface area contributed by atoms with Gasteiger partial charge in [0, 0.05) is 25.6 Å². The normalized spacial score (nSPS) is 14.4. The van der Waals surface area contributed by atoms with Gasteiger partial charge in [0.25, 0.3) is 0 Å². The number of fused-ring (bicyclic) bond motifs is 1. The van der Waals surface area contributed by atoms with Crippen LogP contribution in [0, 0.1) is 5.82 Å². The largest absolute Gasteiger partial charge is 0.331 e. The van der Waals surface area contributed by atoms with Crippen LogP contribution >= 0.6 is 0 Å². The first-order valence-corrected chi connectivity index (χ1v) is 7.73. The number of amides is 2. The van der Waals surface area contributed by atoms with E-state index in [1.165, 1.54) is 11.0 Å². The molecule has 0 bridgehead atoms. The number of aromatic nitrogens is 3. The number of aryl methyl sites for hydroxylation is 1. The molecule has 1 aromatic heterocycles. The summed E-state index contributed by atoms with van der Waals surface area (Å²) < 4.78 is 15.8. The Hall–Kier alpha value is -2.44. The van der Waals surface area contributed by atoms with Gasteiger partial charge in [-0.15, -0.1) is 10.2 Å². The quantitative estimate of drug-likeness (QED) is 0.941. The van der Waals surface area contributed by atoms with E-state index in [2.05, 4.69) is 20.1 Å². The zero-order valence-electron chi connectivity index (χ0n) is 13.3. The second kappa shape index (κ2) is 6.36. The Morgan fingerprint density at radius 1 is 1.43 bits per heavy atom. The molecule has 23 heavy (non-hydrogen) atoms. The van der Waals surface area contributed by atoms with Gasteiger partial charge in [0.05, 0.1) is 12.6 Å². The maximum Gasteiger partial charge on any atom is 0.318 e. The van der Waals surface area contributed by atoms with Crippen molar-refractivity contribution in [3.63, 3.8) is 0 Å². The van der Waals surface area contributed by atoms with E-state index in [1.807, 2.05) is 0 Å². The molecule has 2 amide bonds. The molecule has 0 fully saturated rings. The SMILES string of the molecule is C[C@H](NC(=O)N(C)Cc1nnc2n1CCC2)c1ccccc1F. The van der Waals surface area contributed by atoms with Crippen LogP contribution in [-0.4, -0.2) is 32.7 Å². The van der Waals surface area contributed by atoms with Crippen LogP contribution in [0.3, 0.4) is 0 Å². The van der Waals surface area contributed by atoms with Crippen LogP contribution in [0.1, 0.15) is 36.6 Å². The van der Waals surface area contributed by atoms with Crippen molar-refractivity contribution in [1.82, 2.24) is 25.0 Å². The summed E-state index contributed by atoms with van der Waals surface area (Å²) in [5, 5.41) is 11.1. The molecule has 1 aliphatic rings. The van der Waals surface area contributed by atoms with E-state index < -0.39 is 6.04 Å². The van der Waals surface area contributed by atoms with E-state index in [0.29, 0.717) is 12.1 Å². The van der Waals surface area contributed by atoms with Crippen LogP contribution in [0.5, 0.6) is 0 Å². The number of halogens is 1. The molecule has 0 aliphatic carbocycles. The lowest BCUT2D eigenvalue weighted by Crippen LogP contribution is -2.38. The Balaban J connectivity index is 1.62. The number of hydrogen-bond acceptors (Lipinski definition) is 3. The van der Waals surface area contributed by atoms with Gasteiger partial charge < -0.3 is 14.8 Å². The van der Waals surface area contributed by atoms with E-state index in [0.717, 1.165) is 31.0 Å². The van der Waals surface area contributed by atoms with Gasteiger partial charge in [0.2, 0.25) is 0 Å². The zero-order valence-corrected chi connectivity index (χ0v) is 13.3. The van der Waals surface area contributed by atoms with E-state index >= 15 is 0 Å². The Labute approximate surface area is 134 Å². The van der Waals surface area contributed by atoms with Crippen LogP contribution < -0.4 is 5.32 Å². The van der Waals surface area contributed by atoms with E-state index in [9.17, 15) is 9.18 Å². The van der Waals surface area contributed by atoms with Gasteiger partial charge in [0.1, 0.15) is 11.6 Å². The second-order valence-corrected chi connectivity index (χ2v) is 5.84. The number of nitrogens with one attached hydrogen (secondary N) is 1. The highest BCUT2D eigenvalue weighted by atomic mass is 19.1. The van der Waals surface area contributed by atoms with Crippen molar-refractivity contribution in [2.24, 2.45) is 0 Å². The first-order chi connectivity index (χ1) is 11.1. The maximum atomic E-state index is 13.8. The number of rotatable bonds is 4. The Morgan fingerprint density at radius 3 is 3.00 bits per heavy atom. The third-order valence-electron chi connectivity index (χ3n) is 4.12. The average molecular weight is 317 g/mol. The molecule has 0 saturated heterocycles. The Morgan fingerprint density at radius 2 is 2.22 bits per heavy atom. The predicted molar refractivity (Wildman–Crippen MR) is 83.2 cm³/mol. The molecule has 6 nitrogen and oxygen atoms in total. The molecule has 2 heterocycles. The first-order valence-electron chi connectivity index (χ1n) is 7.73. The molecule has 2 aromatic rings. The molecular weight excluding hydrogens is 297 g/mol. The van der Waals surface area contributed by atoms with Crippen molar-refractivity contribution in [2.45, 2.75) is 38.9 Å². The number of urea groups is 1. The van der Waals surface area contributed by atoms with Crippen molar-refractivity contribution < 1.29 is 9.18 Å². The summed E-state index contributed by atoms with van der Waals surface area (Å²) in [5.41, 5.74) is 0.470. The summed E-state index contributed by atoms with van der Waals surface area (Å²) in [6.07, 6.45) is 2.01. The summed E-state index contributed by atoms with van der Waals surface area (Å²) in [4.78, 5) is 13.8. The van der Waals surface area contributed by atoms with Gasteiger partial charge in [-0.3, -0.25) is 0 Å². The highest BCUT2D eigenvalue weighted by Crippen LogP contribution is 2.17. The molecule has 0 spiro atoms. The van der Waals surface area contributed by atoms with E-state index in [-0.39, 0.29) is 11.8 Å². The van der Waals surface area contributed by atoms with Gasteiger partial charge in [-0.2, -0.15) is 0 Å². The van der Waals surface area contributed by atoms with Gasteiger partial charge in [-0.05, 0) is 19.4 Å². The summed E-state index contributed by atoms with van der Waals surface area (Å²) in [5.74, 6) is 1.44. The number of carbonyl (C=O) groups is 1. The standard InChI is InChI=1S/C16H20FN5O/c1-11(12-6-3-4-7-13(12)17)18-16(23)21(2)10-15-20-19-14-8-5-9-22(14)15/h3-4,6-7,11H,5,8-10H2,1-2H3,(H,18,23)/t11-/m0/s1. The second-order valence-electron chi connectivity index (χ2n) is 5.84. The van der Waals surface area contributed by atoms with Gasteiger partial charge >= 0.3 is 6.03 Å². The minimum Gasteiger partial charge on any atom is -0.331 e. The Kier molecular flexibility index (Phi) is 4.27. The summed E-state index contributed by atoms with van der Waals surface area (Å²) in [6.45, 7) is 3.04. The van der Waals surface area contributed by atoms with E-state index in [4.69, 9.17) is 0 Å². The number of carbonyl (C=O) groups excluding carboxylic acids is 1. The van der Waals surface area contributed by atoms with Crippen molar-refractivity contribution in [3.8, 4) is 0 Å². The molecular formula is C16H20FN5O. The molecule has 1 N–H and O–H groups in total. The number of benzene rings is 1. The summed E-state index contributed by atoms with van der Waals surface area (Å²) in [7, 11) is 1.69. The molecule has 1 aliphatic heterocycles. The van der Waals surface area contributed by atoms with Crippen LogP contribution in [0.25, 0.3) is 0 Å². The fourth-order valence-corrected chi connectivity index (χ4v) is 2.81. The van der Waals surface area contributed by atoms with E-state index in [1.54, 1.807) is 32.2 Å². The van der Waals surface area contributed by atoms with Crippen LogP contribution in [0.15, 0.2) is 24.3 Å². The minimum atomic E-state index is -0.407. The van der Waals surface area contributed by atoms with Crippen molar-refractivity contribution >= 4 is 6.03 Å². The van der Waals surface area contributed by atoms with Crippen LogP contribution in [0.4, 0.5) is 9.18 Å². The molecule has 0 unspecified atom stereocenters. The topological polar surface area (TPSA) is 63.1 Å². The third-order valence-corrected chi connectivity index (χ3v) is 4.12. The zero-order chi connectivity index (χ0) is 16.4. The fourth-order valence-electron chi connectivity index (χ4n) is 2.81. The van der Waals surface area contributed by atoms with Crippen molar-refractivity contribution in [1.29, 1.82) is 0 Å². The highest BCUT2D eigenvalue weighted by Gasteiger charge is 2.21.